The molecule has 1 aliphatic carbocycles. The molecule has 2 rings (SSSR count). The van der Waals surface area contributed by atoms with E-state index in [0.717, 1.165) is 12.2 Å². The van der Waals surface area contributed by atoms with E-state index in [1.165, 1.54) is 16.0 Å². The molecule has 0 saturated carbocycles. The molecule has 0 fully saturated rings. The van der Waals surface area contributed by atoms with Gasteiger partial charge in [0.15, 0.2) is 0 Å². The van der Waals surface area contributed by atoms with E-state index in [0.29, 0.717) is 0 Å². The van der Waals surface area contributed by atoms with E-state index in [9.17, 15) is 0 Å². The minimum Gasteiger partial charge on any atom is -0.125 e. The fourth-order valence-electron chi connectivity index (χ4n) is 1.57. The predicted octanol–water partition coefficient (Wildman–Crippen LogP) is 4.71. The fourth-order valence-corrected chi connectivity index (χ4v) is 2.49. The topological polar surface area (TPSA) is 0 Å². The lowest BCUT2D eigenvalue weighted by atomic mass is 10.2. The van der Waals surface area contributed by atoms with Crippen LogP contribution in [0.15, 0.2) is 65.1 Å². The van der Waals surface area contributed by atoms with Gasteiger partial charge in [0.2, 0.25) is 0 Å². The van der Waals surface area contributed by atoms with Crippen molar-refractivity contribution in [3.8, 4) is 0 Å². The zero-order chi connectivity index (χ0) is 11.2. The van der Waals surface area contributed by atoms with E-state index in [4.69, 9.17) is 0 Å². The van der Waals surface area contributed by atoms with Crippen molar-refractivity contribution < 1.29 is 0 Å². The third-order valence-corrected chi connectivity index (χ3v) is 3.65. The SMILES string of the molecule is CC1=CC=C(SCc2ccccc2)CC=C1. The van der Waals surface area contributed by atoms with Crippen molar-refractivity contribution in [1.82, 2.24) is 0 Å². The van der Waals surface area contributed by atoms with Crippen molar-refractivity contribution in [3.05, 3.63) is 70.7 Å². The van der Waals surface area contributed by atoms with Crippen molar-refractivity contribution in [3.63, 3.8) is 0 Å². The predicted molar refractivity (Wildman–Crippen MR) is 73.3 cm³/mol. The van der Waals surface area contributed by atoms with Crippen molar-refractivity contribution in [2.45, 2.75) is 19.1 Å². The Bertz CT molecular complexity index is 424. The molecular weight excluding hydrogens is 212 g/mol. The molecule has 1 aromatic rings. The summed E-state index contributed by atoms with van der Waals surface area (Å²) in [6, 6.07) is 10.6. The maximum atomic E-state index is 2.24. The molecular formula is C15H16S. The van der Waals surface area contributed by atoms with E-state index >= 15 is 0 Å². The zero-order valence-electron chi connectivity index (χ0n) is 9.52. The molecule has 0 amide bonds. The summed E-state index contributed by atoms with van der Waals surface area (Å²) in [4.78, 5) is 1.44. The summed E-state index contributed by atoms with van der Waals surface area (Å²) in [5, 5.41) is 0. The molecule has 0 nitrogen and oxygen atoms in total. The van der Waals surface area contributed by atoms with Crippen LogP contribution in [-0.4, -0.2) is 0 Å². The Balaban J connectivity index is 1.94. The quantitative estimate of drug-likeness (QED) is 0.722. The van der Waals surface area contributed by atoms with Gasteiger partial charge in [-0.15, -0.1) is 11.8 Å². The Morgan fingerprint density at radius 1 is 1.12 bits per heavy atom. The molecule has 1 aliphatic rings. The second-order valence-electron chi connectivity index (χ2n) is 3.92. The number of benzene rings is 1. The van der Waals surface area contributed by atoms with Crippen molar-refractivity contribution in [2.75, 3.05) is 0 Å². The van der Waals surface area contributed by atoms with Crippen LogP contribution in [0.3, 0.4) is 0 Å². The van der Waals surface area contributed by atoms with E-state index in [-0.39, 0.29) is 0 Å². The average molecular weight is 228 g/mol. The number of allylic oxidation sites excluding steroid dienone is 6. The standard InChI is InChI=1S/C15H16S/c1-13-6-5-9-15(11-10-13)16-12-14-7-3-2-4-8-14/h2-8,10-11H,9,12H2,1H3. The molecule has 1 aromatic carbocycles. The number of hydrogen-bond donors (Lipinski definition) is 0. The van der Waals surface area contributed by atoms with Crippen LogP contribution in [0.1, 0.15) is 18.9 Å². The van der Waals surface area contributed by atoms with E-state index in [2.05, 4.69) is 61.6 Å². The monoisotopic (exact) mass is 228 g/mol. The van der Waals surface area contributed by atoms with Crippen LogP contribution in [0.5, 0.6) is 0 Å². The first-order valence-corrected chi connectivity index (χ1v) is 6.54. The molecule has 0 saturated heterocycles. The summed E-state index contributed by atoms with van der Waals surface area (Å²) in [5.74, 6) is 1.06. The summed E-state index contributed by atoms with van der Waals surface area (Å²) in [6.07, 6.45) is 9.92. The first-order chi connectivity index (χ1) is 7.84. The normalized spacial score (nSPS) is 15.3. The second-order valence-corrected chi connectivity index (χ2v) is 5.03. The van der Waals surface area contributed by atoms with Gasteiger partial charge in [-0.05, 0) is 23.8 Å². The van der Waals surface area contributed by atoms with Crippen LogP contribution in [-0.2, 0) is 5.75 Å². The summed E-state index contributed by atoms with van der Waals surface area (Å²) in [7, 11) is 0. The van der Waals surface area contributed by atoms with Gasteiger partial charge >= 0.3 is 0 Å². The highest BCUT2D eigenvalue weighted by atomic mass is 32.2. The average Bonchev–Trinajstić information content (AvgIpc) is 2.53. The van der Waals surface area contributed by atoms with E-state index < -0.39 is 0 Å². The van der Waals surface area contributed by atoms with E-state index in [1.54, 1.807) is 0 Å². The molecule has 0 atom stereocenters. The van der Waals surface area contributed by atoms with Gasteiger partial charge in [0, 0.05) is 5.75 Å². The fraction of sp³-hybridized carbons (Fsp3) is 0.200. The van der Waals surface area contributed by atoms with Crippen LogP contribution >= 0.6 is 11.8 Å². The molecule has 0 unspecified atom stereocenters. The van der Waals surface area contributed by atoms with Gasteiger partial charge in [-0.1, -0.05) is 60.2 Å². The molecule has 0 radical (unpaired) electrons. The van der Waals surface area contributed by atoms with Crippen LogP contribution in [0.4, 0.5) is 0 Å². The minimum absolute atomic E-state index is 1.06. The van der Waals surface area contributed by atoms with Gasteiger partial charge in [-0.3, -0.25) is 0 Å². The van der Waals surface area contributed by atoms with Gasteiger partial charge in [0.1, 0.15) is 0 Å². The summed E-state index contributed by atoms with van der Waals surface area (Å²) >= 11 is 1.93. The van der Waals surface area contributed by atoms with Gasteiger partial charge < -0.3 is 0 Å². The van der Waals surface area contributed by atoms with Gasteiger partial charge in [0.25, 0.3) is 0 Å². The molecule has 82 valence electrons. The number of hydrogen-bond acceptors (Lipinski definition) is 1. The van der Waals surface area contributed by atoms with Crippen LogP contribution in [0.2, 0.25) is 0 Å². The lowest BCUT2D eigenvalue weighted by molar-refractivity contribution is 1.34. The number of thioether (sulfide) groups is 1. The van der Waals surface area contributed by atoms with Crippen LogP contribution in [0.25, 0.3) is 0 Å². The number of rotatable bonds is 3. The molecule has 0 spiro atoms. The minimum atomic E-state index is 1.06. The summed E-state index contributed by atoms with van der Waals surface area (Å²) in [5.41, 5.74) is 2.72. The van der Waals surface area contributed by atoms with Gasteiger partial charge in [-0.2, -0.15) is 0 Å². The molecule has 0 N–H and O–H groups in total. The van der Waals surface area contributed by atoms with Crippen molar-refractivity contribution >= 4 is 11.8 Å². The second kappa shape index (κ2) is 5.76. The molecule has 1 heteroatoms. The highest BCUT2D eigenvalue weighted by Gasteiger charge is 1.99. The Morgan fingerprint density at radius 3 is 2.75 bits per heavy atom. The highest BCUT2D eigenvalue weighted by molar-refractivity contribution is 8.02. The molecule has 0 aromatic heterocycles. The van der Waals surface area contributed by atoms with Gasteiger partial charge in [0.05, 0.1) is 0 Å². The largest absolute Gasteiger partial charge is 0.125 e. The summed E-state index contributed by atoms with van der Waals surface area (Å²) in [6.45, 7) is 2.14. The Labute approximate surface area is 102 Å². The lowest BCUT2D eigenvalue weighted by Gasteiger charge is -2.03. The van der Waals surface area contributed by atoms with Crippen molar-refractivity contribution in [1.29, 1.82) is 0 Å². The maximum Gasteiger partial charge on any atom is 0.0228 e. The maximum absolute atomic E-state index is 2.24. The van der Waals surface area contributed by atoms with Crippen LogP contribution in [0, 0.1) is 0 Å². The molecule has 16 heavy (non-hydrogen) atoms. The zero-order valence-corrected chi connectivity index (χ0v) is 10.3. The third-order valence-electron chi connectivity index (χ3n) is 2.50. The van der Waals surface area contributed by atoms with E-state index in [1.807, 2.05) is 11.8 Å². The molecule has 0 bridgehead atoms. The Morgan fingerprint density at radius 2 is 1.94 bits per heavy atom. The smallest absolute Gasteiger partial charge is 0.0228 e. The third kappa shape index (κ3) is 3.42. The Kier molecular flexibility index (Phi) is 4.06. The first-order valence-electron chi connectivity index (χ1n) is 5.55. The van der Waals surface area contributed by atoms with Gasteiger partial charge in [-0.25, -0.2) is 0 Å². The summed E-state index contributed by atoms with van der Waals surface area (Å²) < 4.78 is 0. The Hall–Kier alpha value is -1.21. The first kappa shape index (κ1) is 11.3. The van der Waals surface area contributed by atoms with Crippen LogP contribution < -0.4 is 0 Å². The lowest BCUT2D eigenvalue weighted by Crippen LogP contribution is -1.80. The highest BCUT2D eigenvalue weighted by Crippen LogP contribution is 2.26. The molecule has 0 heterocycles. The van der Waals surface area contributed by atoms with Crippen molar-refractivity contribution in [2.24, 2.45) is 0 Å². The molecule has 0 aliphatic heterocycles.